The molecule has 1 atom stereocenters. The molecule has 1 aromatic carbocycles. The van der Waals surface area contributed by atoms with Gasteiger partial charge in [-0.05, 0) is 55.7 Å². The number of nitrogens with one attached hydrogen (secondary N) is 1. The highest BCUT2D eigenvalue weighted by atomic mass is 16.5. The van der Waals surface area contributed by atoms with E-state index >= 15 is 0 Å². The van der Waals surface area contributed by atoms with Gasteiger partial charge in [-0.1, -0.05) is 12.1 Å². The van der Waals surface area contributed by atoms with Crippen molar-refractivity contribution in [3.8, 4) is 5.75 Å². The van der Waals surface area contributed by atoms with Crippen LogP contribution in [0.5, 0.6) is 5.75 Å². The van der Waals surface area contributed by atoms with Gasteiger partial charge in [-0.3, -0.25) is 9.78 Å². The largest absolute Gasteiger partial charge is 0.491 e. The van der Waals surface area contributed by atoms with Crippen LogP contribution in [0, 0.1) is 0 Å². The minimum absolute atomic E-state index is 0.0781. The predicted octanol–water partition coefficient (Wildman–Crippen LogP) is 2.65. The molecule has 128 valence electrons. The molecule has 0 aliphatic carbocycles. The Labute approximate surface area is 142 Å². The zero-order valence-electron chi connectivity index (χ0n) is 14.1. The van der Waals surface area contributed by atoms with Gasteiger partial charge in [-0.25, -0.2) is 0 Å². The number of aliphatic hydroxyl groups is 1. The van der Waals surface area contributed by atoms with Gasteiger partial charge in [0, 0.05) is 25.4 Å². The maximum absolute atomic E-state index is 11.9. The van der Waals surface area contributed by atoms with Gasteiger partial charge in [0.2, 0.25) is 5.91 Å². The monoisotopic (exact) mass is 328 g/mol. The Bertz CT molecular complexity index is 627. The summed E-state index contributed by atoms with van der Waals surface area (Å²) < 4.78 is 5.57. The second kappa shape index (κ2) is 9.03. The standard InChI is InChI=1S/C19H24N2O3/c1-14(2)24-17-6-4-16(5-7-17)18(22)13-21-19(23)8-3-15-9-11-20-12-10-15/h4-7,9-12,14,18,22H,3,8,13H2,1-2H3,(H,21,23)/t18-/m1/s1. The number of ether oxygens (including phenoxy) is 1. The SMILES string of the molecule is CC(C)Oc1ccc([C@H](O)CNC(=O)CCc2ccncc2)cc1. The summed E-state index contributed by atoms with van der Waals surface area (Å²) in [4.78, 5) is 15.8. The second-order valence-corrected chi connectivity index (χ2v) is 5.91. The van der Waals surface area contributed by atoms with Crippen molar-refractivity contribution in [2.24, 2.45) is 0 Å². The van der Waals surface area contributed by atoms with Crippen LogP contribution in [0.25, 0.3) is 0 Å². The molecule has 5 heteroatoms. The molecule has 0 saturated heterocycles. The summed E-state index contributed by atoms with van der Waals surface area (Å²) in [5.74, 6) is 0.688. The van der Waals surface area contributed by atoms with E-state index in [4.69, 9.17) is 4.74 Å². The fourth-order valence-electron chi connectivity index (χ4n) is 2.26. The molecule has 0 aliphatic heterocycles. The number of aliphatic hydroxyl groups excluding tert-OH is 1. The number of hydrogen-bond donors (Lipinski definition) is 2. The first-order chi connectivity index (χ1) is 11.5. The van der Waals surface area contributed by atoms with Crippen molar-refractivity contribution in [1.82, 2.24) is 10.3 Å². The number of amides is 1. The van der Waals surface area contributed by atoms with Gasteiger partial charge in [0.1, 0.15) is 5.75 Å². The van der Waals surface area contributed by atoms with E-state index in [0.29, 0.717) is 12.8 Å². The fraction of sp³-hybridized carbons (Fsp3) is 0.368. The lowest BCUT2D eigenvalue weighted by molar-refractivity contribution is -0.121. The van der Waals surface area contributed by atoms with Crippen LogP contribution in [-0.4, -0.2) is 28.6 Å². The molecule has 1 heterocycles. The summed E-state index contributed by atoms with van der Waals surface area (Å²) in [6.45, 7) is 4.12. The van der Waals surface area contributed by atoms with Crippen molar-refractivity contribution in [3.05, 3.63) is 59.9 Å². The quantitative estimate of drug-likeness (QED) is 0.781. The summed E-state index contributed by atoms with van der Waals surface area (Å²) in [7, 11) is 0. The van der Waals surface area contributed by atoms with Crippen molar-refractivity contribution in [1.29, 1.82) is 0 Å². The van der Waals surface area contributed by atoms with E-state index in [1.54, 1.807) is 12.4 Å². The number of aryl methyl sites for hydroxylation is 1. The number of aromatic nitrogens is 1. The number of rotatable bonds is 8. The summed E-state index contributed by atoms with van der Waals surface area (Å²) in [5, 5.41) is 12.9. The molecule has 2 aromatic rings. The van der Waals surface area contributed by atoms with Gasteiger partial charge in [0.05, 0.1) is 12.2 Å². The molecule has 0 radical (unpaired) electrons. The van der Waals surface area contributed by atoms with Crippen LogP contribution in [-0.2, 0) is 11.2 Å². The van der Waals surface area contributed by atoms with E-state index in [9.17, 15) is 9.90 Å². The molecule has 2 N–H and O–H groups in total. The number of carbonyl (C=O) groups is 1. The van der Waals surface area contributed by atoms with E-state index in [0.717, 1.165) is 16.9 Å². The predicted molar refractivity (Wildman–Crippen MR) is 92.7 cm³/mol. The Morgan fingerprint density at radius 3 is 2.46 bits per heavy atom. The molecule has 0 aliphatic rings. The van der Waals surface area contributed by atoms with Gasteiger partial charge in [-0.15, -0.1) is 0 Å². The van der Waals surface area contributed by atoms with Crippen LogP contribution in [0.3, 0.4) is 0 Å². The zero-order chi connectivity index (χ0) is 17.4. The molecular weight excluding hydrogens is 304 g/mol. The number of hydrogen-bond acceptors (Lipinski definition) is 4. The Morgan fingerprint density at radius 2 is 1.83 bits per heavy atom. The van der Waals surface area contributed by atoms with Crippen LogP contribution in [0.15, 0.2) is 48.8 Å². The van der Waals surface area contributed by atoms with Crippen molar-refractivity contribution >= 4 is 5.91 Å². The molecule has 0 spiro atoms. The van der Waals surface area contributed by atoms with Crippen LogP contribution in [0.4, 0.5) is 0 Å². The molecule has 24 heavy (non-hydrogen) atoms. The highest BCUT2D eigenvalue weighted by molar-refractivity contribution is 5.76. The molecular formula is C19H24N2O3. The Hall–Kier alpha value is -2.40. The normalized spacial score (nSPS) is 12.0. The summed E-state index contributed by atoms with van der Waals surface area (Å²) >= 11 is 0. The van der Waals surface area contributed by atoms with Crippen LogP contribution in [0.1, 0.15) is 37.5 Å². The number of benzene rings is 1. The van der Waals surface area contributed by atoms with E-state index in [-0.39, 0.29) is 18.6 Å². The molecule has 0 bridgehead atoms. The van der Waals surface area contributed by atoms with Crippen LogP contribution >= 0.6 is 0 Å². The number of pyridine rings is 1. The van der Waals surface area contributed by atoms with Crippen molar-refractivity contribution in [2.75, 3.05) is 6.54 Å². The fourth-order valence-corrected chi connectivity index (χ4v) is 2.26. The minimum atomic E-state index is -0.733. The molecule has 1 aromatic heterocycles. The lowest BCUT2D eigenvalue weighted by atomic mass is 10.1. The number of nitrogens with zero attached hydrogens (tertiary/aromatic N) is 1. The van der Waals surface area contributed by atoms with E-state index < -0.39 is 6.10 Å². The minimum Gasteiger partial charge on any atom is -0.491 e. The van der Waals surface area contributed by atoms with Crippen LogP contribution in [0.2, 0.25) is 0 Å². The third-order valence-corrected chi connectivity index (χ3v) is 3.52. The van der Waals surface area contributed by atoms with Crippen molar-refractivity contribution < 1.29 is 14.6 Å². The topological polar surface area (TPSA) is 71.5 Å². The van der Waals surface area contributed by atoms with Crippen molar-refractivity contribution in [3.63, 3.8) is 0 Å². The first kappa shape index (κ1) is 17.9. The van der Waals surface area contributed by atoms with Gasteiger partial charge in [-0.2, -0.15) is 0 Å². The van der Waals surface area contributed by atoms with Gasteiger partial charge >= 0.3 is 0 Å². The highest BCUT2D eigenvalue weighted by Crippen LogP contribution is 2.18. The van der Waals surface area contributed by atoms with Gasteiger partial charge < -0.3 is 15.2 Å². The highest BCUT2D eigenvalue weighted by Gasteiger charge is 2.10. The van der Waals surface area contributed by atoms with E-state index in [1.165, 1.54) is 0 Å². The lowest BCUT2D eigenvalue weighted by Gasteiger charge is -2.14. The van der Waals surface area contributed by atoms with Crippen molar-refractivity contribution in [2.45, 2.75) is 38.9 Å². The zero-order valence-corrected chi connectivity index (χ0v) is 14.1. The first-order valence-electron chi connectivity index (χ1n) is 8.15. The summed E-state index contributed by atoms with van der Waals surface area (Å²) in [5.41, 5.74) is 1.82. The first-order valence-corrected chi connectivity index (χ1v) is 8.15. The molecule has 0 fully saturated rings. The lowest BCUT2D eigenvalue weighted by Crippen LogP contribution is -2.28. The Morgan fingerprint density at radius 1 is 1.17 bits per heavy atom. The van der Waals surface area contributed by atoms with E-state index in [2.05, 4.69) is 10.3 Å². The van der Waals surface area contributed by atoms with Crippen LogP contribution < -0.4 is 10.1 Å². The van der Waals surface area contributed by atoms with E-state index in [1.807, 2.05) is 50.2 Å². The molecule has 2 rings (SSSR count). The average molecular weight is 328 g/mol. The van der Waals surface area contributed by atoms with Gasteiger partial charge in [0.15, 0.2) is 0 Å². The molecule has 0 unspecified atom stereocenters. The molecule has 0 saturated carbocycles. The third-order valence-electron chi connectivity index (χ3n) is 3.52. The molecule has 1 amide bonds. The summed E-state index contributed by atoms with van der Waals surface area (Å²) in [6.07, 6.45) is 3.85. The molecule has 5 nitrogen and oxygen atoms in total. The smallest absolute Gasteiger partial charge is 0.220 e. The second-order valence-electron chi connectivity index (χ2n) is 5.91. The summed E-state index contributed by atoms with van der Waals surface area (Å²) in [6, 6.07) is 11.1. The maximum Gasteiger partial charge on any atom is 0.220 e. The number of carbonyl (C=O) groups excluding carboxylic acids is 1. The van der Waals surface area contributed by atoms with Gasteiger partial charge in [0.25, 0.3) is 0 Å². The average Bonchev–Trinajstić information content (AvgIpc) is 2.59. The Kier molecular flexibility index (Phi) is 6.75. The third kappa shape index (κ3) is 6.01. The Balaban J connectivity index is 1.75. The maximum atomic E-state index is 11.9.